The summed E-state index contributed by atoms with van der Waals surface area (Å²) in [4.78, 5) is 23.9. The molecule has 0 amide bonds. The summed E-state index contributed by atoms with van der Waals surface area (Å²) in [7, 11) is 0. The number of carbonyl (C=O) groups is 2. The number of hydrogen-bond acceptors (Lipinski definition) is 2. The fourth-order valence-electron chi connectivity index (χ4n) is 2.25. The van der Waals surface area contributed by atoms with Crippen molar-refractivity contribution < 1.29 is 14.0 Å². The molecule has 0 spiro atoms. The van der Waals surface area contributed by atoms with Gasteiger partial charge in [0.05, 0.1) is 5.92 Å². The van der Waals surface area contributed by atoms with Crippen LogP contribution in [-0.2, 0) is 4.79 Å². The zero-order valence-electron chi connectivity index (χ0n) is 9.62. The molecular formula is C14H15FO2. The molecule has 0 aliphatic heterocycles. The van der Waals surface area contributed by atoms with Gasteiger partial charge in [0, 0.05) is 12.0 Å². The Morgan fingerprint density at radius 3 is 2.53 bits per heavy atom. The third kappa shape index (κ3) is 2.78. The van der Waals surface area contributed by atoms with Crippen LogP contribution in [0.3, 0.4) is 0 Å². The molecular weight excluding hydrogens is 219 g/mol. The lowest BCUT2D eigenvalue weighted by atomic mass is 9.90. The van der Waals surface area contributed by atoms with Gasteiger partial charge in [-0.1, -0.05) is 12.8 Å². The van der Waals surface area contributed by atoms with E-state index in [1.807, 2.05) is 0 Å². The van der Waals surface area contributed by atoms with Crippen molar-refractivity contribution in [1.29, 1.82) is 0 Å². The van der Waals surface area contributed by atoms with Gasteiger partial charge < -0.3 is 0 Å². The first-order chi connectivity index (χ1) is 8.18. The standard InChI is InChI=1S/C14H15FO2/c15-11-8-6-10(7-9-11)14(17)12-4-2-1-3-5-13(12)16/h6-9,12H,1-5H2. The molecule has 90 valence electrons. The molecule has 1 aromatic rings. The predicted octanol–water partition coefficient (Wildman–Crippen LogP) is 3.16. The first-order valence-electron chi connectivity index (χ1n) is 6.01. The van der Waals surface area contributed by atoms with Gasteiger partial charge in [-0.25, -0.2) is 4.39 Å². The number of halogens is 1. The number of hydrogen-bond donors (Lipinski definition) is 0. The molecule has 0 aromatic heterocycles. The summed E-state index contributed by atoms with van der Waals surface area (Å²) in [6.07, 6.45) is 3.95. The Morgan fingerprint density at radius 1 is 1.12 bits per heavy atom. The Balaban J connectivity index is 2.18. The average Bonchev–Trinajstić information content (AvgIpc) is 2.54. The van der Waals surface area contributed by atoms with E-state index in [-0.39, 0.29) is 17.4 Å². The lowest BCUT2D eigenvalue weighted by Crippen LogP contribution is -2.23. The molecule has 1 unspecified atom stereocenters. The zero-order chi connectivity index (χ0) is 12.3. The lowest BCUT2D eigenvalue weighted by molar-refractivity contribution is -0.121. The van der Waals surface area contributed by atoms with E-state index < -0.39 is 5.92 Å². The summed E-state index contributed by atoms with van der Waals surface area (Å²) in [5.41, 5.74) is 0.437. The van der Waals surface area contributed by atoms with Gasteiger partial charge in [0.25, 0.3) is 0 Å². The van der Waals surface area contributed by atoms with Crippen molar-refractivity contribution in [1.82, 2.24) is 0 Å². The van der Waals surface area contributed by atoms with E-state index >= 15 is 0 Å². The van der Waals surface area contributed by atoms with E-state index in [1.165, 1.54) is 24.3 Å². The molecule has 0 saturated heterocycles. The molecule has 1 fully saturated rings. The second-order valence-corrected chi connectivity index (χ2v) is 4.49. The van der Waals surface area contributed by atoms with E-state index in [0.29, 0.717) is 18.4 Å². The Hall–Kier alpha value is -1.51. The van der Waals surface area contributed by atoms with Gasteiger partial charge in [0.2, 0.25) is 0 Å². The van der Waals surface area contributed by atoms with Crippen LogP contribution < -0.4 is 0 Å². The van der Waals surface area contributed by atoms with Crippen LogP contribution in [0, 0.1) is 11.7 Å². The van der Waals surface area contributed by atoms with E-state index in [1.54, 1.807) is 0 Å². The monoisotopic (exact) mass is 234 g/mol. The minimum absolute atomic E-state index is 0.0387. The highest BCUT2D eigenvalue weighted by Gasteiger charge is 2.28. The molecule has 1 atom stereocenters. The van der Waals surface area contributed by atoms with Crippen LogP contribution in [0.4, 0.5) is 4.39 Å². The molecule has 1 saturated carbocycles. The fraction of sp³-hybridized carbons (Fsp3) is 0.429. The Bertz CT molecular complexity index is 422. The highest BCUT2D eigenvalue weighted by atomic mass is 19.1. The van der Waals surface area contributed by atoms with Crippen LogP contribution in [0.25, 0.3) is 0 Å². The third-order valence-corrected chi connectivity index (χ3v) is 3.25. The number of carbonyl (C=O) groups excluding carboxylic acids is 2. The van der Waals surface area contributed by atoms with Gasteiger partial charge in [-0.2, -0.15) is 0 Å². The molecule has 0 bridgehead atoms. The molecule has 2 rings (SSSR count). The normalized spacial score (nSPS) is 21.0. The molecule has 0 radical (unpaired) electrons. The molecule has 1 aromatic carbocycles. The Kier molecular flexibility index (Phi) is 3.67. The summed E-state index contributed by atoms with van der Waals surface area (Å²) < 4.78 is 12.8. The van der Waals surface area contributed by atoms with Gasteiger partial charge in [-0.15, -0.1) is 0 Å². The smallest absolute Gasteiger partial charge is 0.173 e. The first kappa shape index (κ1) is 12.0. The highest BCUT2D eigenvalue weighted by molar-refractivity contribution is 6.10. The number of ketones is 2. The van der Waals surface area contributed by atoms with Crippen molar-refractivity contribution in [3.63, 3.8) is 0 Å². The maximum absolute atomic E-state index is 12.8. The van der Waals surface area contributed by atoms with Crippen LogP contribution >= 0.6 is 0 Å². The third-order valence-electron chi connectivity index (χ3n) is 3.25. The minimum Gasteiger partial charge on any atom is -0.299 e. The lowest BCUT2D eigenvalue weighted by Gasteiger charge is -2.11. The highest BCUT2D eigenvalue weighted by Crippen LogP contribution is 2.23. The van der Waals surface area contributed by atoms with Crippen LogP contribution in [0.15, 0.2) is 24.3 Å². The zero-order valence-corrected chi connectivity index (χ0v) is 9.62. The quantitative estimate of drug-likeness (QED) is 0.447. The van der Waals surface area contributed by atoms with Crippen LogP contribution in [0.2, 0.25) is 0 Å². The molecule has 0 heterocycles. The SMILES string of the molecule is O=C1CCCCCC1C(=O)c1ccc(F)cc1. The molecule has 0 N–H and O–H groups in total. The van der Waals surface area contributed by atoms with Crippen molar-refractivity contribution in [2.75, 3.05) is 0 Å². The van der Waals surface area contributed by atoms with Crippen molar-refractivity contribution in [2.45, 2.75) is 32.1 Å². The molecule has 1 aliphatic carbocycles. The van der Waals surface area contributed by atoms with Gasteiger partial charge in [0.1, 0.15) is 11.6 Å². The van der Waals surface area contributed by atoms with E-state index in [0.717, 1.165) is 19.3 Å². The largest absolute Gasteiger partial charge is 0.299 e. The van der Waals surface area contributed by atoms with Crippen LogP contribution in [0.5, 0.6) is 0 Å². The summed E-state index contributed by atoms with van der Waals surface area (Å²) in [5.74, 6) is -0.995. The minimum atomic E-state index is -0.511. The van der Waals surface area contributed by atoms with E-state index in [9.17, 15) is 14.0 Å². The van der Waals surface area contributed by atoms with Crippen molar-refractivity contribution in [2.24, 2.45) is 5.92 Å². The molecule has 17 heavy (non-hydrogen) atoms. The maximum Gasteiger partial charge on any atom is 0.173 e. The predicted molar refractivity (Wildman–Crippen MR) is 62.3 cm³/mol. The first-order valence-corrected chi connectivity index (χ1v) is 6.01. The van der Waals surface area contributed by atoms with E-state index in [2.05, 4.69) is 0 Å². The maximum atomic E-state index is 12.8. The van der Waals surface area contributed by atoms with Gasteiger partial charge in [-0.05, 0) is 37.1 Å². The van der Waals surface area contributed by atoms with Crippen LogP contribution in [0.1, 0.15) is 42.5 Å². The second-order valence-electron chi connectivity index (χ2n) is 4.49. The Morgan fingerprint density at radius 2 is 1.82 bits per heavy atom. The number of Topliss-reactive ketones (excluding diaryl/α,β-unsaturated/α-hetero) is 2. The van der Waals surface area contributed by atoms with Gasteiger partial charge in [0.15, 0.2) is 5.78 Å². The summed E-state index contributed by atoms with van der Waals surface area (Å²) >= 11 is 0. The topological polar surface area (TPSA) is 34.1 Å². The fourth-order valence-corrected chi connectivity index (χ4v) is 2.25. The molecule has 1 aliphatic rings. The van der Waals surface area contributed by atoms with Crippen molar-refractivity contribution >= 4 is 11.6 Å². The van der Waals surface area contributed by atoms with Gasteiger partial charge >= 0.3 is 0 Å². The summed E-state index contributed by atoms with van der Waals surface area (Å²) in [6, 6.07) is 5.43. The number of rotatable bonds is 2. The average molecular weight is 234 g/mol. The van der Waals surface area contributed by atoms with Crippen molar-refractivity contribution in [3.8, 4) is 0 Å². The Labute approximate surface area is 99.8 Å². The van der Waals surface area contributed by atoms with Gasteiger partial charge in [-0.3, -0.25) is 9.59 Å². The van der Waals surface area contributed by atoms with E-state index in [4.69, 9.17) is 0 Å². The molecule has 3 heteroatoms. The summed E-state index contributed by atoms with van der Waals surface area (Å²) in [6.45, 7) is 0. The second kappa shape index (κ2) is 5.21. The molecule has 2 nitrogen and oxygen atoms in total. The number of benzene rings is 1. The van der Waals surface area contributed by atoms with Crippen molar-refractivity contribution in [3.05, 3.63) is 35.6 Å². The summed E-state index contributed by atoms with van der Waals surface area (Å²) in [5, 5.41) is 0. The van der Waals surface area contributed by atoms with Crippen LogP contribution in [-0.4, -0.2) is 11.6 Å².